The van der Waals surface area contributed by atoms with E-state index in [0.717, 1.165) is 12.8 Å². The van der Waals surface area contributed by atoms with E-state index in [4.69, 9.17) is 0 Å². The van der Waals surface area contributed by atoms with Crippen molar-refractivity contribution >= 4 is 11.8 Å². The van der Waals surface area contributed by atoms with Gasteiger partial charge in [-0.1, -0.05) is 13.3 Å². The Hall–Kier alpha value is -1.06. The minimum Gasteiger partial charge on any atom is -0.342 e. The Morgan fingerprint density at radius 1 is 1.26 bits per heavy atom. The molecule has 19 heavy (non-hydrogen) atoms. The molecule has 0 bridgehead atoms. The average Bonchev–Trinajstić information content (AvgIpc) is 3.12. The SMILES string of the molecule is CCC1C(=O)NC(C2CC2)C(=O)N1C(C)C1CCC1. The number of carbonyl (C=O) groups is 2. The van der Waals surface area contributed by atoms with Crippen LogP contribution in [-0.2, 0) is 9.59 Å². The van der Waals surface area contributed by atoms with Crippen LogP contribution in [0, 0.1) is 11.8 Å². The van der Waals surface area contributed by atoms with E-state index in [0.29, 0.717) is 18.3 Å². The molecule has 1 saturated heterocycles. The summed E-state index contributed by atoms with van der Waals surface area (Å²) in [6.45, 7) is 4.13. The van der Waals surface area contributed by atoms with Crippen LogP contribution in [0.1, 0.15) is 52.4 Å². The van der Waals surface area contributed by atoms with Crippen LogP contribution in [0.25, 0.3) is 0 Å². The fraction of sp³-hybridized carbons (Fsp3) is 0.867. The largest absolute Gasteiger partial charge is 0.342 e. The van der Waals surface area contributed by atoms with E-state index < -0.39 is 0 Å². The number of nitrogens with one attached hydrogen (secondary N) is 1. The summed E-state index contributed by atoms with van der Waals surface area (Å²) in [5, 5.41) is 2.96. The Labute approximate surface area is 114 Å². The molecule has 3 rings (SSSR count). The van der Waals surface area contributed by atoms with E-state index in [-0.39, 0.29) is 29.9 Å². The minimum absolute atomic E-state index is 0.0603. The highest BCUT2D eigenvalue weighted by Gasteiger charge is 2.48. The van der Waals surface area contributed by atoms with E-state index in [2.05, 4.69) is 12.2 Å². The van der Waals surface area contributed by atoms with Gasteiger partial charge in [0.1, 0.15) is 12.1 Å². The summed E-state index contributed by atoms with van der Waals surface area (Å²) >= 11 is 0. The molecule has 106 valence electrons. The monoisotopic (exact) mass is 264 g/mol. The third-order valence-corrected chi connectivity index (χ3v) is 5.21. The van der Waals surface area contributed by atoms with E-state index in [1.807, 2.05) is 11.8 Å². The van der Waals surface area contributed by atoms with Crippen LogP contribution in [0.15, 0.2) is 0 Å². The summed E-state index contributed by atoms with van der Waals surface area (Å²) in [5.74, 6) is 1.23. The lowest BCUT2D eigenvalue weighted by atomic mass is 9.78. The number of amides is 2. The summed E-state index contributed by atoms with van der Waals surface area (Å²) in [6, 6.07) is -0.269. The van der Waals surface area contributed by atoms with Crippen molar-refractivity contribution in [2.45, 2.75) is 70.5 Å². The first-order valence-corrected chi connectivity index (χ1v) is 7.76. The second-order valence-corrected chi connectivity index (χ2v) is 6.42. The number of hydrogen-bond donors (Lipinski definition) is 1. The van der Waals surface area contributed by atoms with Gasteiger partial charge < -0.3 is 10.2 Å². The lowest BCUT2D eigenvalue weighted by molar-refractivity contribution is -0.154. The standard InChI is InChI=1S/C15H24N2O2/c1-3-12-14(18)16-13(11-7-8-11)15(19)17(12)9(2)10-5-4-6-10/h9-13H,3-8H2,1-2H3,(H,16,18). The van der Waals surface area contributed by atoms with Gasteiger partial charge in [0.2, 0.25) is 11.8 Å². The summed E-state index contributed by atoms with van der Waals surface area (Å²) in [4.78, 5) is 26.9. The molecule has 0 aromatic carbocycles. The molecule has 0 aromatic heterocycles. The first-order chi connectivity index (χ1) is 9.13. The van der Waals surface area contributed by atoms with Crippen LogP contribution in [0.4, 0.5) is 0 Å². The molecule has 0 radical (unpaired) electrons. The van der Waals surface area contributed by atoms with Gasteiger partial charge in [-0.15, -0.1) is 0 Å². The second-order valence-electron chi connectivity index (χ2n) is 6.42. The Balaban J connectivity index is 1.81. The summed E-state index contributed by atoms with van der Waals surface area (Å²) in [6.07, 6.45) is 6.56. The van der Waals surface area contributed by atoms with Gasteiger partial charge in [-0.2, -0.15) is 0 Å². The van der Waals surface area contributed by atoms with Crippen molar-refractivity contribution in [3.8, 4) is 0 Å². The first kappa shape index (κ1) is 12.9. The van der Waals surface area contributed by atoms with Crippen molar-refractivity contribution in [2.75, 3.05) is 0 Å². The number of hydrogen-bond acceptors (Lipinski definition) is 2. The van der Waals surface area contributed by atoms with Crippen molar-refractivity contribution in [3.63, 3.8) is 0 Å². The Morgan fingerprint density at radius 2 is 1.95 bits per heavy atom. The molecule has 2 amide bonds. The topological polar surface area (TPSA) is 49.4 Å². The van der Waals surface area contributed by atoms with Crippen LogP contribution in [0.3, 0.4) is 0 Å². The van der Waals surface area contributed by atoms with E-state index in [1.54, 1.807) is 0 Å². The third kappa shape index (κ3) is 2.15. The van der Waals surface area contributed by atoms with E-state index in [9.17, 15) is 9.59 Å². The average molecular weight is 264 g/mol. The highest BCUT2D eigenvalue weighted by atomic mass is 16.2. The zero-order valence-electron chi connectivity index (χ0n) is 11.9. The van der Waals surface area contributed by atoms with Crippen molar-refractivity contribution < 1.29 is 9.59 Å². The van der Waals surface area contributed by atoms with Gasteiger partial charge in [0.05, 0.1) is 0 Å². The molecule has 0 spiro atoms. The molecule has 0 aromatic rings. The molecule has 3 unspecified atom stereocenters. The first-order valence-electron chi connectivity index (χ1n) is 7.76. The predicted molar refractivity (Wildman–Crippen MR) is 72.4 cm³/mol. The molecule has 4 nitrogen and oxygen atoms in total. The number of rotatable bonds is 4. The smallest absolute Gasteiger partial charge is 0.246 e. The zero-order chi connectivity index (χ0) is 13.6. The van der Waals surface area contributed by atoms with E-state index >= 15 is 0 Å². The van der Waals surface area contributed by atoms with Gasteiger partial charge in [-0.05, 0) is 50.9 Å². The van der Waals surface area contributed by atoms with Gasteiger partial charge in [-0.3, -0.25) is 9.59 Å². The molecule has 3 fully saturated rings. The van der Waals surface area contributed by atoms with Gasteiger partial charge in [0.25, 0.3) is 0 Å². The maximum Gasteiger partial charge on any atom is 0.246 e. The Morgan fingerprint density at radius 3 is 2.42 bits per heavy atom. The molecular formula is C15H24N2O2. The second kappa shape index (κ2) is 4.80. The highest BCUT2D eigenvalue weighted by molar-refractivity contribution is 5.97. The molecule has 1 N–H and O–H groups in total. The minimum atomic E-state index is -0.252. The maximum atomic E-state index is 12.7. The third-order valence-electron chi connectivity index (χ3n) is 5.21. The molecule has 1 heterocycles. The van der Waals surface area contributed by atoms with Crippen molar-refractivity contribution in [1.82, 2.24) is 10.2 Å². The van der Waals surface area contributed by atoms with E-state index in [1.165, 1.54) is 19.3 Å². The molecule has 3 atom stereocenters. The van der Waals surface area contributed by atoms with Crippen molar-refractivity contribution in [1.29, 1.82) is 0 Å². The lowest BCUT2D eigenvalue weighted by Crippen LogP contribution is -2.67. The fourth-order valence-corrected chi connectivity index (χ4v) is 3.52. The van der Waals surface area contributed by atoms with Crippen molar-refractivity contribution in [2.24, 2.45) is 11.8 Å². The molecule has 3 aliphatic rings. The quantitative estimate of drug-likeness (QED) is 0.840. The molecule has 1 aliphatic heterocycles. The van der Waals surface area contributed by atoms with Crippen LogP contribution < -0.4 is 5.32 Å². The molecule has 4 heteroatoms. The summed E-state index contributed by atoms with van der Waals surface area (Å²) in [5.41, 5.74) is 0. The van der Waals surface area contributed by atoms with Crippen LogP contribution in [0.5, 0.6) is 0 Å². The van der Waals surface area contributed by atoms with Crippen LogP contribution in [0.2, 0.25) is 0 Å². The predicted octanol–water partition coefficient (Wildman–Crippen LogP) is 1.69. The van der Waals surface area contributed by atoms with Gasteiger partial charge in [-0.25, -0.2) is 0 Å². The molecule has 2 aliphatic carbocycles. The Kier molecular flexibility index (Phi) is 3.27. The maximum absolute atomic E-state index is 12.7. The molecule has 2 saturated carbocycles. The summed E-state index contributed by atoms with van der Waals surface area (Å²) < 4.78 is 0. The van der Waals surface area contributed by atoms with Gasteiger partial charge in [0.15, 0.2) is 0 Å². The van der Waals surface area contributed by atoms with Gasteiger partial charge in [0, 0.05) is 6.04 Å². The fourth-order valence-electron chi connectivity index (χ4n) is 3.52. The van der Waals surface area contributed by atoms with Gasteiger partial charge >= 0.3 is 0 Å². The van der Waals surface area contributed by atoms with Crippen LogP contribution in [-0.4, -0.2) is 34.8 Å². The summed E-state index contributed by atoms with van der Waals surface area (Å²) in [7, 11) is 0. The number of carbonyl (C=O) groups excluding carboxylic acids is 2. The molecular weight excluding hydrogens is 240 g/mol. The van der Waals surface area contributed by atoms with Crippen LogP contribution >= 0.6 is 0 Å². The lowest BCUT2D eigenvalue weighted by Gasteiger charge is -2.46. The number of nitrogens with zero attached hydrogens (tertiary/aromatic N) is 1. The number of piperazine rings is 1. The Bertz CT molecular complexity index is 388. The highest BCUT2D eigenvalue weighted by Crippen LogP contribution is 2.38. The normalized spacial score (nSPS) is 33.9. The zero-order valence-corrected chi connectivity index (χ0v) is 11.9. The van der Waals surface area contributed by atoms with Crippen molar-refractivity contribution in [3.05, 3.63) is 0 Å².